The lowest BCUT2D eigenvalue weighted by molar-refractivity contribution is 0.645. The minimum absolute atomic E-state index is 0.385. The zero-order chi connectivity index (χ0) is 12.0. The maximum absolute atomic E-state index is 8.99. The molecular formula is C13H19N3. The van der Waals surface area contributed by atoms with Gasteiger partial charge in [0.25, 0.3) is 0 Å². The van der Waals surface area contributed by atoms with Crippen molar-refractivity contribution in [3.05, 3.63) is 23.8 Å². The summed E-state index contributed by atoms with van der Waals surface area (Å²) in [4.78, 5) is 0. The van der Waals surface area contributed by atoms with Crippen molar-refractivity contribution in [3.8, 4) is 6.07 Å². The number of unbranched alkanes of at least 4 members (excludes halogenated alkanes) is 1. The molecule has 0 spiro atoms. The van der Waals surface area contributed by atoms with E-state index in [0.29, 0.717) is 17.3 Å². The van der Waals surface area contributed by atoms with Crippen molar-refractivity contribution in [1.82, 2.24) is 0 Å². The third-order valence-electron chi connectivity index (χ3n) is 2.56. The molecule has 1 atom stereocenters. The number of benzene rings is 1. The molecule has 0 saturated carbocycles. The van der Waals surface area contributed by atoms with Gasteiger partial charge in [-0.05, 0) is 31.5 Å². The molecule has 1 aromatic carbocycles. The molecule has 86 valence electrons. The van der Waals surface area contributed by atoms with Gasteiger partial charge in [-0.25, -0.2) is 0 Å². The topological polar surface area (TPSA) is 61.8 Å². The molecule has 3 nitrogen and oxygen atoms in total. The molecule has 3 heteroatoms. The lowest BCUT2D eigenvalue weighted by Crippen LogP contribution is -2.15. The van der Waals surface area contributed by atoms with Crippen LogP contribution in [-0.2, 0) is 0 Å². The van der Waals surface area contributed by atoms with Crippen molar-refractivity contribution in [1.29, 1.82) is 5.26 Å². The van der Waals surface area contributed by atoms with E-state index in [1.54, 1.807) is 6.07 Å². The number of nitrogens with two attached hydrogens (primary N) is 1. The minimum atomic E-state index is 0.385. The first-order valence-corrected chi connectivity index (χ1v) is 5.73. The molecule has 0 bridgehead atoms. The van der Waals surface area contributed by atoms with Crippen molar-refractivity contribution in [2.45, 2.75) is 39.2 Å². The van der Waals surface area contributed by atoms with Gasteiger partial charge in [0.05, 0.1) is 11.3 Å². The third kappa shape index (κ3) is 3.47. The molecule has 0 aliphatic rings. The Balaban J connectivity index is 2.70. The van der Waals surface area contributed by atoms with Crippen molar-refractivity contribution < 1.29 is 0 Å². The first-order chi connectivity index (χ1) is 7.67. The largest absolute Gasteiger partial charge is 0.399 e. The lowest BCUT2D eigenvalue weighted by Gasteiger charge is -2.16. The van der Waals surface area contributed by atoms with E-state index in [9.17, 15) is 0 Å². The van der Waals surface area contributed by atoms with Crippen LogP contribution in [0.5, 0.6) is 0 Å². The summed E-state index contributed by atoms with van der Waals surface area (Å²) < 4.78 is 0. The molecular weight excluding hydrogens is 198 g/mol. The number of nitrogens with zero attached hydrogens (tertiary/aromatic N) is 1. The van der Waals surface area contributed by atoms with Gasteiger partial charge in [0.1, 0.15) is 6.07 Å². The molecule has 0 amide bonds. The second-order valence-electron chi connectivity index (χ2n) is 4.10. The zero-order valence-electron chi connectivity index (χ0n) is 9.96. The number of nitrogens with one attached hydrogen (secondary N) is 1. The molecule has 0 aromatic heterocycles. The molecule has 1 aromatic rings. The van der Waals surface area contributed by atoms with Gasteiger partial charge >= 0.3 is 0 Å². The molecule has 16 heavy (non-hydrogen) atoms. The number of hydrogen-bond donors (Lipinski definition) is 2. The Morgan fingerprint density at radius 3 is 2.88 bits per heavy atom. The highest BCUT2D eigenvalue weighted by atomic mass is 14.9. The van der Waals surface area contributed by atoms with Gasteiger partial charge in [-0.1, -0.05) is 19.8 Å². The fourth-order valence-electron chi connectivity index (χ4n) is 1.63. The van der Waals surface area contributed by atoms with Crippen LogP contribution in [0.3, 0.4) is 0 Å². The Labute approximate surface area is 97.3 Å². The molecule has 0 heterocycles. The second-order valence-corrected chi connectivity index (χ2v) is 4.10. The van der Waals surface area contributed by atoms with Crippen LogP contribution in [0.25, 0.3) is 0 Å². The van der Waals surface area contributed by atoms with Crippen LogP contribution in [0, 0.1) is 11.3 Å². The Kier molecular flexibility index (Phi) is 4.65. The predicted molar refractivity (Wildman–Crippen MR) is 68.2 cm³/mol. The fraction of sp³-hybridized carbons (Fsp3) is 0.462. The molecule has 0 saturated heterocycles. The maximum Gasteiger partial charge on any atom is 0.101 e. The summed E-state index contributed by atoms with van der Waals surface area (Å²) in [5.74, 6) is 0. The molecule has 3 N–H and O–H groups in total. The van der Waals surface area contributed by atoms with E-state index in [4.69, 9.17) is 11.0 Å². The summed E-state index contributed by atoms with van der Waals surface area (Å²) in [6.45, 7) is 4.31. The van der Waals surface area contributed by atoms with E-state index in [0.717, 1.165) is 12.1 Å². The van der Waals surface area contributed by atoms with Crippen molar-refractivity contribution in [2.75, 3.05) is 11.1 Å². The van der Waals surface area contributed by atoms with Gasteiger partial charge in [0.2, 0.25) is 0 Å². The summed E-state index contributed by atoms with van der Waals surface area (Å²) in [5, 5.41) is 12.3. The zero-order valence-corrected chi connectivity index (χ0v) is 9.96. The van der Waals surface area contributed by atoms with Crippen LogP contribution in [0.1, 0.15) is 38.7 Å². The van der Waals surface area contributed by atoms with E-state index in [1.165, 1.54) is 12.8 Å². The standard InChI is InChI=1S/C13H19N3/c1-3-4-5-10(2)16-13-7-6-12(15)8-11(13)9-14/h6-8,10,16H,3-5,15H2,1-2H3. The highest BCUT2D eigenvalue weighted by Gasteiger charge is 2.06. The van der Waals surface area contributed by atoms with Gasteiger partial charge in [-0.2, -0.15) is 5.26 Å². The second kappa shape index (κ2) is 6.02. The molecule has 1 rings (SSSR count). The van der Waals surface area contributed by atoms with Crippen LogP contribution >= 0.6 is 0 Å². The quantitative estimate of drug-likeness (QED) is 0.745. The predicted octanol–water partition coefficient (Wildman–Crippen LogP) is 3.13. The van der Waals surface area contributed by atoms with Gasteiger partial charge in [-0.3, -0.25) is 0 Å². The Hall–Kier alpha value is -1.69. The highest BCUT2D eigenvalue weighted by Crippen LogP contribution is 2.19. The number of hydrogen-bond acceptors (Lipinski definition) is 3. The van der Waals surface area contributed by atoms with Crippen molar-refractivity contribution in [2.24, 2.45) is 0 Å². The summed E-state index contributed by atoms with van der Waals surface area (Å²) >= 11 is 0. The van der Waals surface area contributed by atoms with Crippen molar-refractivity contribution in [3.63, 3.8) is 0 Å². The Bertz CT molecular complexity index is 379. The number of nitrogen functional groups attached to an aromatic ring is 1. The monoisotopic (exact) mass is 217 g/mol. The number of anilines is 2. The molecule has 0 aliphatic carbocycles. The first kappa shape index (κ1) is 12.4. The Morgan fingerprint density at radius 1 is 1.50 bits per heavy atom. The van der Waals surface area contributed by atoms with Gasteiger partial charge < -0.3 is 11.1 Å². The normalized spacial score (nSPS) is 11.8. The highest BCUT2D eigenvalue weighted by molar-refractivity contribution is 5.63. The third-order valence-corrected chi connectivity index (χ3v) is 2.56. The minimum Gasteiger partial charge on any atom is -0.399 e. The lowest BCUT2D eigenvalue weighted by atomic mass is 10.1. The smallest absolute Gasteiger partial charge is 0.101 e. The van der Waals surface area contributed by atoms with Crippen molar-refractivity contribution >= 4 is 11.4 Å². The van der Waals surface area contributed by atoms with E-state index >= 15 is 0 Å². The summed E-state index contributed by atoms with van der Waals surface area (Å²) in [7, 11) is 0. The maximum atomic E-state index is 8.99. The van der Waals surface area contributed by atoms with Crippen LogP contribution in [0.4, 0.5) is 11.4 Å². The number of rotatable bonds is 5. The van der Waals surface area contributed by atoms with Crippen LogP contribution in [0.2, 0.25) is 0 Å². The fourth-order valence-corrected chi connectivity index (χ4v) is 1.63. The van der Waals surface area contributed by atoms with Gasteiger partial charge in [-0.15, -0.1) is 0 Å². The van der Waals surface area contributed by atoms with E-state index in [1.807, 2.05) is 12.1 Å². The first-order valence-electron chi connectivity index (χ1n) is 5.73. The van der Waals surface area contributed by atoms with E-state index < -0.39 is 0 Å². The van der Waals surface area contributed by atoms with E-state index in [2.05, 4.69) is 25.2 Å². The molecule has 0 fully saturated rings. The van der Waals surface area contributed by atoms with E-state index in [-0.39, 0.29) is 0 Å². The summed E-state index contributed by atoms with van der Waals surface area (Å²) in [5.41, 5.74) is 7.75. The molecule has 0 radical (unpaired) electrons. The van der Waals surface area contributed by atoms with Gasteiger partial charge in [0.15, 0.2) is 0 Å². The molecule has 0 aliphatic heterocycles. The van der Waals surface area contributed by atoms with Crippen LogP contribution < -0.4 is 11.1 Å². The average molecular weight is 217 g/mol. The molecule has 1 unspecified atom stereocenters. The SMILES string of the molecule is CCCCC(C)Nc1ccc(N)cc1C#N. The van der Waals surface area contributed by atoms with Crippen LogP contribution in [0.15, 0.2) is 18.2 Å². The number of nitriles is 1. The van der Waals surface area contributed by atoms with Gasteiger partial charge in [0, 0.05) is 11.7 Å². The average Bonchev–Trinajstić information content (AvgIpc) is 2.28. The van der Waals surface area contributed by atoms with Crippen LogP contribution in [-0.4, -0.2) is 6.04 Å². The summed E-state index contributed by atoms with van der Waals surface area (Å²) in [6.07, 6.45) is 3.51. The summed E-state index contributed by atoms with van der Waals surface area (Å²) in [6, 6.07) is 7.93. The Morgan fingerprint density at radius 2 is 2.25 bits per heavy atom.